The number of piperidine rings is 1. The minimum absolute atomic E-state index is 0.00238. The van der Waals surface area contributed by atoms with Crippen molar-refractivity contribution in [3.05, 3.63) is 23.8 Å². The zero-order valence-corrected chi connectivity index (χ0v) is 13.6. The van der Waals surface area contributed by atoms with E-state index in [9.17, 15) is 13.5 Å². The zero-order chi connectivity index (χ0) is 15.7. The molecule has 1 saturated heterocycles. The Morgan fingerprint density at radius 1 is 1.38 bits per heavy atom. The van der Waals surface area contributed by atoms with E-state index in [2.05, 4.69) is 13.8 Å². The Morgan fingerprint density at radius 2 is 2.10 bits per heavy atom. The van der Waals surface area contributed by atoms with Gasteiger partial charge in [-0.2, -0.15) is 4.31 Å². The molecule has 0 unspecified atom stereocenters. The average molecular weight is 313 g/mol. The summed E-state index contributed by atoms with van der Waals surface area (Å²) in [4.78, 5) is 0.213. The maximum absolute atomic E-state index is 12.7. The second-order valence-corrected chi connectivity index (χ2v) is 8.18. The summed E-state index contributed by atoms with van der Waals surface area (Å²) < 4.78 is 32.1. The van der Waals surface area contributed by atoms with Gasteiger partial charge in [0.2, 0.25) is 10.0 Å². The van der Waals surface area contributed by atoms with Crippen LogP contribution in [-0.4, -0.2) is 38.0 Å². The molecule has 1 heterocycles. The molecule has 0 aliphatic carbocycles. The van der Waals surface area contributed by atoms with Gasteiger partial charge in [-0.15, -0.1) is 0 Å². The standard InChI is InChI=1S/C15H23NO4S/c1-15(2)7-4-8-16(11-15)21(18,19)13-5-6-14(20-3)12(9-13)10-17/h5-6,9,17H,4,7-8,10-11H2,1-3H3. The number of ether oxygens (including phenoxy) is 1. The topological polar surface area (TPSA) is 66.8 Å². The van der Waals surface area contributed by atoms with Crippen LogP contribution in [0.3, 0.4) is 0 Å². The summed E-state index contributed by atoms with van der Waals surface area (Å²) in [6, 6.07) is 4.62. The maximum Gasteiger partial charge on any atom is 0.243 e. The second kappa shape index (κ2) is 5.94. The molecule has 5 nitrogen and oxygen atoms in total. The molecule has 1 aromatic rings. The van der Waals surface area contributed by atoms with Crippen LogP contribution >= 0.6 is 0 Å². The SMILES string of the molecule is COc1ccc(S(=O)(=O)N2CCCC(C)(C)C2)cc1CO. The Morgan fingerprint density at radius 3 is 2.67 bits per heavy atom. The number of methoxy groups -OCH3 is 1. The van der Waals surface area contributed by atoms with Crippen LogP contribution < -0.4 is 4.74 Å². The van der Waals surface area contributed by atoms with Crippen molar-refractivity contribution in [2.45, 2.75) is 38.2 Å². The number of aliphatic hydroxyl groups excluding tert-OH is 1. The van der Waals surface area contributed by atoms with Crippen LogP contribution in [0.15, 0.2) is 23.1 Å². The Hall–Kier alpha value is -1.11. The number of aliphatic hydroxyl groups is 1. The Balaban J connectivity index is 2.35. The number of hydrogen-bond donors (Lipinski definition) is 1. The van der Waals surface area contributed by atoms with Gasteiger partial charge in [0.15, 0.2) is 0 Å². The van der Waals surface area contributed by atoms with Gasteiger partial charge in [-0.05, 0) is 36.5 Å². The summed E-state index contributed by atoms with van der Waals surface area (Å²) in [5, 5.41) is 9.34. The van der Waals surface area contributed by atoms with Crippen molar-refractivity contribution in [3.63, 3.8) is 0 Å². The molecule has 1 N–H and O–H groups in total. The van der Waals surface area contributed by atoms with E-state index in [1.54, 1.807) is 10.4 Å². The van der Waals surface area contributed by atoms with Gasteiger partial charge in [0.25, 0.3) is 0 Å². The van der Waals surface area contributed by atoms with Crippen molar-refractivity contribution in [1.29, 1.82) is 0 Å². The average Bonchev–Trinajstić information content (AvgIpc) is 2.45. The fourth-order valence-corrected chi connectivity index (χ4v) is 4.48. The van der Waals surface area contributed by atoms with Gasteiger partial charge < -0.3 is 9.84 Å². The molecule has 0 aromatic heterocycles. The van der Waals surface area contributed by atoms with Crippen LogP contribution in [0.4, 0.5) is 0 Å². The molecule has 0 bridgehead atoms. The van der Waals surface area contributed by atoms with Gasteiger partial charge in [0.1, 0.15) is 5.75 Å². The molecule has 6 heteroatoms. The molecule has 118 valence electrons. The van der Waals surface area contributed by atoms with Crippen LogP contribution in [0.5, 0.6) is 5.75 Å². The highest BCUT2D eigenvalue weighted by Crippen LogP contribution is 2.32. The third-order valence-corrected chi connectivity index (χ3v) is 5.77. The number of sulfonamides is 1. The van der Waals surface area contributed by atoms with E-state index >= 15 is 0 Å². The summed E-state index contributed by atoms with van der Waals surface area (Å²) in [6.45, 7) is 4.99. The van der Waals surface area contributed by atoms with Crippen molar-refractivity contribution in [3.8, 4) is 5.75 Å². The van der Waals surface area contributed by atoms with Crippen molar-refractivity contribution in [2.24, 2.45) is 5.41 Å². The summed E-state index contributed by atoms with van der Waals surface area (Å²) in [5.74, 6) is 0.496. The molecule has 1 fully saturated rings. The van der Waals surface area contributed by atoms with Crippen molar-refractivity contribution in [2.75, 3.05) is 20.2 Å². The van der Waals surface area contributed by atoms with Crippen LogP contribution in [-0.2, 0) is 16.6 Å². The number of hydrogen-bond acceptors (Lipinski definition) is 4. The van der Waals surface area contributed by atoms with Gasteiger partial charge in [0.05, 0.1) is 18.6 Å². The quantitative estimate of drug-likeness (QED) is 0.923. The van der Waals surface area contributed by atoms with Crippen LogP contribution in [0.25, 0.3) is 0 Å². The third-order valence-electron chi connectivity index (χ3n) is 3.93. The van der Waals surface area contributed by atoms with Crippen LogP contribution in [0.1, 0.15) is 32.3 Å². The minimum atomic E-state index is -3.52. The first-order chi connectivity index (χ1) is 9.80. The predicted octanol–water partition coefficient (Wildman–Crippen LogP) is 2.00. The first-order valence-electron chi connectivity index (χ1n) is 7.08. The van der Waals surface area contributed by atoms with Gasteiger partial charge >= 0.3 is 0 Å². The number of benzene rings is 1. The molecule has 1 aromatic carbocycles. The van der Waals surface area contributed by atoms with Crippen LogP contribution in [0.2, 0.25) is 0 Å². The lowest BCUT2D eigenvalue weighted by atomic mass is 9.85. The molecule has 0 spiro atoms. The molecule has 0 atom stereocenters. The van der Waals surface area contributed by atoms with Gasteiger partial charge in [0, 0.05) is 18.7 Å². The monoisotopic (exact) mass is 313 g/mol. The van der Waals surface area contributed by atoms with E-state index in [0.29, 0.717) is 24.4 Å². The van der Waals surface area contributed by atoms with Crippen molar-refractivity contribution >= 4 is 10.0 Å². The summed E-state index contributed by atoms with van der Waals surface area (Å²) in [7, 11) is -2.03. The largest absolute Gasteiger partial charge is 0.496 e. The third kappa shape index (κ3) is 3.39. The lowest BCUT2D eigenvalue weighted by Gasteiger charge is -2.37. The second-order valence-electron chi connectivity index (χ2n) is 6.24. The highest BCUT2D eigenvalue weighted by atomic mass is 32.2. The Bertz CT molecular complexity index is 610. The molecular formula is C15H23NO4S. The van der Waals surface area contributed by atoms with Gasteiger partial charge in [-0.3, -0.25) is 0 Å². The first-order valence-corrected chi connectivity index (χ1v) is 8.52. The van der Waals surface area contributed by atoms with E-state index in [4.69, 9.17) is 4.74 Å². The zero-order valence-electron chi connectivity index (χ0n) is 12.8. The molecule has 0 saturated carbocycles. The lowest BCUT2D eigenvalue weighted by molar-refractivity contribution is 0.187. The van der Waals surface area contributed by atoms with Gasteiger partial charge in [-0.25, -0.2) is 8.42 Å². The fraction of sp³-hybridized carbons (Fsp3) is 0.600. The molecule has 1 aliphatic heterocycles. The molecule has 0 amide bonds. The highest BCUT2D eigenvalue weighted by molar-refractivity contribution is 7.89. The van der Waals surface area contributed by atoms with E-state index in [0.717, 1.165) is 12.8 Å². The predicted molar refractivity (Wildman–Crippen MR) is 80.7 cm³/mol. The fourth-order valence-electron chi connectivity index (χ4n) is 2.76. The van der Waals surface area contributed by atoms with Crippen molar-refractivity contribution in [1.82, 2.24) is 4.31 Å². The normalized spacial score (nSPS) is 19.4. The molecule has 2 rings (SSSR count). The lowest BCUT2D eigenvalue weighted by Crippen LogP contribution is -2.43. The molecular weight excluding hydrogens is 290 g/mol. The Kier molecular flexibility index (Phi) is 4.60. The first kappa shape index (κ1) is 16.3. The summed E-state index contributed by atoms with van der Waals surface area (Å²) in [5.41, 5.74) is 0.479. The maximum atomic E-state index is 12.7. The van der Waals surface area contributed by atoms with E-state index in [1.165, 1.54) is 19.2 Å². The summed E-state index contributed by atoms with van der Waals surface area (Å²) in [6.07, 6.45) is 1.90. The minimum Gasteiger partial charge on any atom is -0.496 e. The van der Waals surface area contributed by atoms with Crippen molar-refractivity contribution < 1.29 is 18.3 Å². The van der Waals surface area contributed by atoms with E-state index in [-0.39, 0.29) is 16.9 Å². The van der Waals surface area contributed by atoms with Gasteiger partial charge in [-0.1, -0.05) is 13.8 Å². The molecule has 21 heavy (non-hydrogen) atoms. The number of nitrogens with zero attached hydrogens (tertiary/aromatic N) is 1. The van der Waals surface area contributed by atoms with Crippen LogP contribution in [0, 0.1) is 5.41 Å². The molecule has 1 aliphatic rings. The highest BCUT2D eigenvalue weighted by Gasteiger charge is 2.34. The smallest absolute Gasteiger partial charge is 0.243 e. The van der Waals surface area contributed by atoms with E-state index < -0.39 is 10.0 Å². The molecule has 0 radical (unpaired) electrons. The Labute approximate surface area is 126 Å². The summed E-state index contributed by atoms with van der Waals surface area (Å²) >= 11 is 0. The van der Waals surface area contributed by atoms with E-state index in [1.807, 2.05) is 0 Å². The number of rotatable bonds is 4.